The van der Waals surface area contributed by atoms with Gasteiger partial charge in [0.25, 0.3) is 0 Å². The zero-order valence-electron chi connectivity index (χ0n) is 20.9. The van der Waals surface area contributed by atoms with Crippen molar-refractivity contribution in [3.8, 4) is 28.7 Å². The van der Waals surface area contributed by atoms with E-state index in [4.69, 9.17) is 23.9 Å². The van der Waals surface area contributed by atoms with Crippen LogP contribution in [0.15, 0.2) is 36.5 Å². The average molecular weight is 512 g/mol. The van der Waals surface area contributed by atoms with Gasteiger partial charge in [0, 0.05) is 24.8 Å². The number of aromatic amines is 1. The molecule has 0 unspecified atom stereocenters. The number of ether oxygens (including phenoxy) is 4. The van der Waals surface area contributed by atoms with Gasteiger partial charge in [-0.1, -0.05) is 6.92 Å². The third-order valence-electron chi connectivity index (χ3n) is 6.31. The molecule has 196 valence electrons. The number of rotatable bonds is 7. The number of benzene rings is 1. The Morgan fingerprint density at radius 3 is 2.59 bits per heavy atom. The fourth-order valence-electron chi connectivity index (χ4n) is 4.29. The van der Waals surface area contributed by atoms with E-state index in [1.54, 1.807) is 29.3 Å². The van der Waals surface area contributed by atoms with E-state index in [1.165, 1.54) is 12.1 Å². The summed E-state index contributed by atoms with van der Waals surface area (Å²) in [6.07, 6.45) is 1.63. The molecule has 1 amide bonds. The van der Waals surface area contributed by atoms with Crippen LogP contribution in [0.3, 0.4) is 0 Å². The summed E-state index contributed by atoms with van der Waals surface area (Å²) in [5.74, 6) is 0.0633. The standard InChI is InChI=1S/C26H30FN5O5/c1-3-12-35-25-28-9-8-19(29-25)21-20(17-4-6-18(27)7-5-17)30-22(31-21)23-36-15-26(2,16-37-23)24(33)32-10-13-34-14-11-32/h4-9,23H,3,10-16H2,1-2H3,(H,30,31). The van der Waals surface area contributed by atoms with Crippen molar-refractivity contribution in [3.63, 3.8) is 0 Å². The minimum atomic E-state index is -0.809. The molecule has 0 atom stereocenters. The number of aromatic nitrogens is 4. The molecule has 4 heterocycles. The summed E-state index contributed by atoms with van der Waals surface area (Å²) in [7, 11) is 0. The van der Waals surface area contributed by atoms with Crippen LogP contribution in [0.4, 0.5) is 4.39 Å². The van der Waals surface area contributed by atoms with Gasteiger partial charge in [0.05, 0.1) is 55.5 Å². The molecule has 2 fully saturated rings. The molecule has 3 aromatic rings. The number of hydrogen-bond donors (Lipinski definition) is 1. The zero-order valence-corrected chi connectivity index (χ0v) is 20.9. The van der Waals surface area contributed by atoms with Crippen LogP contribution in [-0.4, -0.2) is 76.9 Å². The third kappa shape index (κ3) is 5.48. The summed E-state index contributed by atoms with van der Waals surface area (Å²) in [4.78, 5) is 31.6. The summed E-state index contributed by atoms with van der Waals surface area (Å²) < 4.78 is 36.6. The van der Waals surface area contributed by atoms with Gasteiger partial charge in [0.15, 0.2) is 5.82 Å². The van der Waals surface area contributed by atoms with Crippen LogP contribution in [0.5, 0.6) is 6.01 Å². The van der Waals surface area contributed by atoms with E-state index in [9.17, 15) is 9.18 Å². The average Bonchev–Trinajstić information content (AvgIpc) is 3.38. The first kappa shape index (κ1) is 25.2. The summed E-state index contributed by atoms with van der Waals surface area (Å²) in [6, 6.07) is 8.04. The second kappa shape index (κ2) is 10.9. The molecule has 0 aliphatic carbocycles. The number of H-pyrrole nitrogens is 1. The lowest BCUT2D eigenvalue weighted by Crippen LogP contribution is -2.53. The molecule has 1 N–H and O–H groups in total. The molecule has 0 bridgehead atoms. The molecular formula is C26H30FN5O5. The lowest BCUT2D eigenvalue weighted by molar-refractivity contribution is -0.235. The van der Waals surface area contributed by atoms with Gasteiger partial charge in [0.1, 0.15) is 5.82 Å². The van der Waals surface area contributed by atoms with Gasteiger partial charge in [-0.05, 0) is 43.7 Å². The highest BCUT2D eigenvalue weighted by Gasteiger charge is 2.43. The zero-order chi connectivity index (χ0) is 25.8. The van der Waals surface area contributed by atoms with E-state index in [1.807, 2.05) is 13.8 Å². The van der Waals surface area contributed by atoms with Crippen molar-refractivity contribution in [1.29, 1.82) is 0 Å². The Kier molecular flexibility index (Phi) is 7.45. The molecule has 1 aromatic carbocycles. The normalized spacial score (nSPS) is 22.1. The van der Waals surface area contributed by atoms with Crippen LogP contribution in [0.1, 0.15) is 32.4 Å². The van der Waals surface area contributed by atoms with Crippen molar-refractivity contribution in [2.45, 2.75) is 26.6 Å². The predicted molar refractivity (Wildman–Crippen MR) is 131 cm³/mol. The lowest BCUT2D eigenvalue weighted by Gasteiger charge is -2.39. The van der Waals surface area contributed by atoms with Crippen molar-refractivity contribution in [2.24, 2.45) is 5.41 Å². The van der Waals surface area contributed by atoms with Gasteiger partial charge in [-0.15, -0.1) is 0 Å². The second-order valence-electron chi connectivity index (χ2n) is 9.34. The van der Waals surface area contributed by atoms with Crippen molar-refractivity contribution in [2.75, 3.05) is 46.1 Å². The quantitative estimate of drug-likeness (QED) is 0.514. The van der Waals surface area contributed by atoms with Crippen molar-refractivity contribution >= 4 is 5.91 Å². The van der Waals surface area contributed by atoms with E-state index >= 15 is 0 Å². The van der Waals surface area contributed by atoms with E-state index in [0.717, 1.165) is 6.42 Å². The maximum absolute atomic E-state index is 13.6. The molecule has 2 aromatic heterocycles. The van der Waals surface area contributed by atoms with Crippen molar-refractivity contribution in [1.82, 2.24) is 24.8 Å². The van der Waals surface area contributed by atoms with E-state index in [2.05, 4.69) is 15.0 Å². The highest BCUT2D eigenvalue weighted by molar-refractivity contribution is 5.83. The van der Waals surface area contributed by atoms with Crippen LogP contribution in [-0.2, 0) is 19.0 Å². The number of amides is 1. The predicted octanol–water partition coefficient (Wildman–Crippen LogP) is 3.37. The Bertz CT molecular complexity index is 1220. The highest BCUT2D eigenvalue weighted by Crippen LogP contribution is 2.36. The topological polar surface area (TPSA) is 112 Å². The minimum absolute atomic E-state index is 0.0121. The summed E-state index contributed by atoms with van der Waals surface area (Å²) in [5, 5.41) is 0. The van der Waals surface area contributed by atoms with Gasteiger partial charge in [0.2, 0.25) is 12.2 Å². The first-order chi connectivity index (χ1) is 18.0. The lowest BCUT2D eigenvalue weighted by atomic mass is 9.90. The van der Waals surface area contributed by atoms with Gasteiger partial charge in [-0.3, -0.25) is 4.79 Å². The SMILES string of the molecule is CCCOc1nccc(-c2[nH]c(C3OCC(C)(C(=O)N4CCOCC4)CO3)nc2-c2ccc(F)cc2)n1. The molecule has 5 rings (SSSR count). The van der Waals surface area contributed by atoms with E-state index in [0.29, 0.717) is 61.4 Å². The summed E-state index contributed by atoms with van der Waals surface area (Å²) in [5.41, 5.74) is 1.59. The molecule has 10 nitrogen and oxygen atoms in total. The minimum Gasteiger partial charge on any atom is -0.463 e. The monoisotopic (exact) mass is 511 g/mol. The van der Waals surface area contributed by atoms with Gasteiger partial charge in [-0.2, -0.15) is 4.98 Å². The second-order valence-corrected chi connectivity index (χ2v) is 9.34. The Morgan fingerprint density at radius 1 is 1.16 bits per heavy atom. The maximum atomic E-state index is 13.6. The Labute approximate surface area is 214 Å². The largest absolute Gasteiger partial charge is 0.463 e. The number of hydrogen-bond acceptors (Lipinski definition) is 8. The van der Waals surface area contributed by atoms with Crippen LogP contribution in [0, 0.1) is 11.2 Å². The fraction of sp³-hybridized carbons (Fsp3) is 0.462. The highest BCUT2D eigenvalue weighted by atomic mass is 19.1. The maximum Gasteiger partial charge on any atom is 0.316 e. The van der Waals surface area contributed by atoms with Crippen molar-refractivity contribution in [3.05, 3.63) is 48.2 Å². The van der Waals surface area contributed by atoms with Gasteiger partial charge >= 0.3 is 6.01 Å². The Hall–Kier alpha value is -3.41. The molecule has 0 saturated carbocycles. The number of carbonyl (C=O) groups excluding carboxylic acids is 1. The van der Waals surface area contributed by atoms with E-state index in [-0.39, 0.29) is 30.9 Å². The smallest absolute Gasteiger partial charge is 0.316 e. The molecular weight excluding hydrogens is 481 g/mol. The number of nitrogens with zero attached hydrogens (tertiary/aromatic N) is 4. The summed E-state index contributed by atoms with van der Waals surface area (Å²) >= 11 is 0. The van der Waals surface area contributed by atoms with E-state index < -0.39 is 11.7 Å². The third-order valence-corrected chi connectivity index (χ3v) is 6.31. The molecule has 2 saturated heterocycles. The molecule has 0 radical (unpaired) electrons. The number of carbonyl (C=O) groups is 1. The molecule has 2 aliphatic rings. The van der Waals surface area contributed by atoms with Crippen LogP contribution in [0.25, 0.3) is 22.6 Å². The number of halogens is 1. The first-order valence-electron chi connectivity index (χ1n) is 12.4. The van der Waals surface area contributed by atoms with Crippen molar-refractivity contribution < 1.29 is 28.1 Å². The molecule has 2 aliphatic heterocycles. The number of nitrogens with one attached hydrogen (secondary N) is 1. The molecule has 0 spiro atoms. The first-order valence-corrected chi connectivity index (χ1v) is 12.4. The van der Waals surface area contributed by atoms with Gasteiger partial charge < -0.3 is 28.8 Å². The Morgan fingerprint density at radius 2 is 1.89 bits per heavy atom. The van der Waals surface area contributed by atoms with Crippen LogP contribution in [0.2, 0.25) is 0 Å². The summed E-state index contributed by atoms with van der Waals surface area (Å²) in [6.45, 7) is 6.87. The number of imidazole rings is 1. The van der Waals surface area contributed by atoms with Gasteiger partial charge in [-0.25, -0.2) is 14.4 Å². The van der Waals surface area contributed by atoms with Crippen LogP contribution >= 0.6 is 0 Å². The molecule has 11 heteroatoms. The van der Waals surface area contributed by atoms with Crippen LogP contribution < -0.4 is 4.74 Å². The fourth-order valence-corrected chi connectivity index (χ4v) is 4.29. The Balaban J connectivity index is 1.40. The number of morpholine rings is 1. The molecule has 37 heavy (non-hydrogen) atoms.